The highest BCUT2D eigenvalue weighted by atomic mass is 32.1. The molecule has 0 aromatic carbocycles. The van der Waals surface area contributed by atoms with Crippen molar-refractivity contribution in [3.05, 3.63) is 0 Å². The van der Waals surface area contributed by atoms with Crippen LogP contribution >= 0.6 is 12.2 Å². The van der Waals surface area contributed by atoms with Crippen molar-refractivity contribution in [2.24, 2.45) is 11.7 Å². The van der Waals surface area contributed by atoms with Gasteiger partial charge in [0, 0.05) is 6.61 Å². The van der Waals surface area contributed by atoms with E-state index in [-0.39, 0.29) is 5.60 Å². The summed E-state index contributed by atoms with van der Waals surface area (Å²) in [7, 11) is 0. The number of ether oxygens (including phenoxy) is 1. The Morgan fingerprint density at radius 3 is 2.85 bits per heavy atom. The molecule has 1 aliphatic carbocycles. The van der Waals surface area contributed by atoms with Crippen LogP contribution in [0.2, 0.25) is 0 Å². The van der Waals surface area contributed by atoms with Gasteiger partial charge in [0.25, 0.3) is 0 Å². The summed E-state index contributed by atoms with van der Waals surface area (Å²) < 4.78 is 5.74. The van der Waals surface area contributed by atoms with Gasteiger partial charge >= 0.3 is 0 Å². The van der Waals surface area contributed by atoms with E-state index in [1.807, 2.05) is 6.92 Å². The third kappa shape index (κ3) is 2.41. The van der Waals surface area contributed by atoms with Gasteiger partial charge in [0.2, 0.25) is 0 Å². The SMILES string of the molecule is CCOC1(C(N)=S)CCCC(C)C1. The smallest absolute Gasteiger partial charge is 0.118 e. The van der Waals surface area contributed by atoms with E-state index < -0.39 is 0 Å². The fraction of sp³-hybridized carbons (Fsp3) is 0.900. The van der Waals surface area contributed by atoms with Crippen molar-refractivity contribution in [3.8, 4) is 0 Å². The zero-order chi connectivity index (χ0) is 9.90. The Hall–Kier alpha value is -0.150. The minimum Gasteiger partial charge on any atom is -0.391 e. The molecule has 1 saturated carbocycles. The van der Waals surface area contributed by atoms with Crippen LogP contribution in [0.3, 0.4) is 0 Å². The van der Waals surface area contributed by atoms with Crippen LogP contribution in [0, 0.1) is 5.92 Å². The summed E-state index contributed by atoms with van der Waals surface area (Å²) >= 11 is 5.10. The maximum absolute atomic E-state index is 5.76. The van der Waals surface area contributed by atoms with Crippen LogP contribution in [0.4, 0.5) is 0 Å². The van der Waals surface area contributed by atoms with Crippen molar-refractivity contribution >= 4 is 17.2 Å². The molecule has 0 bridgehead atoms. The number of nitrogens with two attached hydrogens (primary N) is 1. The molecule has 0 radical (unpaired) electrons. The lowest BCUT2D eigenvalue weighted by Gasteiger charge is -2.38. The van der Waals surface area contributed by atoms with E-state index in [1.165, 1.54) is 12.8 Å². The first-order valence-corrected chi connectivity index (χ1v) is 5.45. The normalized spacial score (nSPS) is 34.5. The van der Waals surface area contributed by atoms with Crippen LogP contribution in [-0.4, -0.2) is 17.2 Å². The number of rotatable bonds is 3. The van der Waals surface area contributed by atoms with Crippen LogP contribution in [0.1, 0.15) is 39.5 Å². The van der Waals surface area contributed by atoms with Crippen molar-refractivity contribution in [2.45, 2.75) is 45.1 Å². The van der Waals surface area contributed by atoms with E-state index >= 15 is 0 Å². The second-order valence-corrected chi connectivity index (χ2v) is 4.43. The summed E-state index contributed by atoms with van der Waals surface area (Å²) in [5.41, 5.74) is 5.47. The van der Waals surface area contributed by atoms with Gasteiger partial charge < -0.3 is 10.5 Å². The molecule has 0 aliphatic heterocycles. The Balaban J connectivity index is 2.70. The van der Waals surface area contributed by atoms with Crippen LogP contribution in [-0.2, 0) is 4.74 Å². The first kappa shape index (κ1) is 10.9. The molecule has 3 heteroatoms. The third-order valence-electron chi connectivity index (χ3n) is 2.83. The average Bonchev–Trinajstić information content (AvgIpc) is 2.04. The van der Waals surface area contributed by atoms with Crippen molar-refractivity contribution in [3.63, 3.8) is 0 Å². The number of thiocarbonyl (C=S) groups is 1. The standard InChI is InChI=1S/C10H19NOS/c1-3-12-10(9(11)13)6-4-5-8(2)7-10/h8H,3-7H2,1-2H3,(H2,11,13). The van der Waals surface area contributed by atoms with Gasteiger partial charge in [0.1, 0.15) is 10.6 Å². The molecule has 1 fully saturated rings. The predicted molar refractivity (Wildman–Crippen MR) is 58.8 cm³/mol. The van der Waals surface area contributed by atoms with Gasteiger partial charge in [0.05, 0.1) is 0 Å². The molecule has 1 aliphatic rings. The number of hydrogen-bond donors (Lipinski definition) is 1. The monoisotopic (exact) mass is 201 g/mol. The predicted octanol–water partition coefficient (Wildman–Crippen LogP) is 2.26. The van der Waals surface area contributed by atoms with Gasteiger partial charge in [-0.25, -0.2) is 0 Å². The van der Waals surface area contributed by atoms with Gasteiger partial charge in [-0.3, -0.25) is 0 Å². The summed E-state index contributed by atoms with van der Waals surface area (Å²) in [6.07, 6.45) is 4.45. The third-order valence-corrected chi connectivity index (χ3v) is 3.20. The zero-order valence-corrected chi connectivity index (χ0v) is 9.32. The van der Waals surface area contributed by atoms with Crippen LogP contribution in [0.15, 0.2) is 0 Å². The molecular formula is C10H19NOS. The molecule has 13 heavy (non-hydrogen) atoms. The van der Waals surface area contributed by atoms with E-state index in [9.17, 15) is 0 Å². The molecule has 1 rings (SSSR count). The molecular weight excluding hydrogens is 182 g/mol. The largest absolute Gasteiger partial charge is 0.391 e. The average molecular weight is 201 g/mol. The maximum atomic E-state index is 5.76. The Labute approximate surface area is 85.8 Å². The Kier molecular flexibility index (Phi) is 3.68. The number of hydrogen-bond acceptors (Lipinski definition) is 2. The minimum atomic E-state index is -0.290. The molecule has 2 N–H and O–H groups in total. The zero-order valence-electron chi connectivity index (χ0n) is 8.51. The first-order chi connectivity index (χ1) is 6.10. The van der Waals surface area contributed by atoms with Crippen molar-refractivity contribution < 1.29 is 4.74 Å². The van der Waals surface area contributed by atoms with Gasteiger partial charge in [-0.2, -0.15) is 0 Å². The maximum Gasteiger partial charge on any atom is 0.118 e. The lowest BCUT2D eigenvalue weighted by molar-refractivity contribution is -0.0226. The van der Waals surface area contributed by atoms with Gasteiger partial charge in [0.15, 0.2) is 0 Å². The summed E-state index contributed by atoms with van der Waals surface area (Å²) in [6, 6.07) is 0. The minimum absolute atomic E-state index is 0.290. The second-order valence-electron chi connectivity index (χ2n) is 3.99. The lowest BCUT2D eigenvalue weighted by Crippen LogP contribution is -2.48. The van der Waals surface area contributed by atoms with E-state index in [0.29, 0.717) is 17.5 Å². The molecule has 0 heterocycles. The molecule has 0 amide bonds. The molecule has 76 valence electrons. The highest BCUT2D eigenvalue weighted by molar-refractivity contribution is 7.80. The van der Waals surface area contributed by atoms with Crippen molar-refractivity contribution in [2.75, 3.05) is 6.61 Å². The van der Waals surface area contributed by atoms with Gasteiger partial charge in [-0.15, -0.1) is 0 Å². The van der Waals surface area contributed by atoms with E-state index in [1.54, 1.807) is 0 Å². The fourth-order valence-electron chi connectivity index (χ4n) is 2.21. The molecule has 0 saturated heterocycles. The van der Waals surface area contributed by atoms with Crippen molar-refractivity contribution in [1.29, 1.82) is 0 Å². The van der Waals surface area contributed by atoms with E-state index in [2.05, 4.69) is 6.92 Å². The van der Waals surface area contributed by atoms with Crippen molar-refractivity contribution in [1.82, 2.24) is 0 Å². The van der Waals surface area contributed by atoms with E-state index in [0.717, 1.165) is 12.8 Å². The molecule has 2 nitrogen and oxygen atoms in total. The lowest BCUT2D eigenvalue weighted by atomic mass is 9.78. The van der Waals surface area contributed by atoms with Crippen LogP contribution in [0.25, 0.3) is 0 Å². The summed E-state index contributed by atoms with van der Waals surface area (Å²) in [6.45, 7) is 4.94. The molecule has 2 atom stereocenters. The summed E-state index contributed by atoms with van der Waals surface area (Å²) in [5, 5.41) is 0. The molecule has 0 aromatic rings. The molecule has 0 aromatic heterocycles. The Morgan fingerprint density at radius 2 is 2.38 bits per heavy atom. The summed E-state index contributed by atoms with van der Waals surface area (Å²) in [5.74, 6) is 0.682. The topological polar surface area (TPSA) is 35.2 Å². The second kappa shape index (κ2) is 4.38. The van der Waals surface area contributed by atoms with Gasteiger partial charge in [-0.1, -0.05) is 25.6 Å². The van der Waals surface area contributed by atoms with Crippen LogP contribution < -0.4 is 5.73 Å². The van der Waals surface area contributed by atoms with E-state index in [4.69, 9.17) is 22.7 Å². The molecule has 0 spiro atoms. The Bertz CT molecular complexity index is 191. The van der Waals surface area contributed by atoms with Crippen LogP contribution in [0.5, 0.6) is 0 Å². The fourth-order valence-corrected chi connectivity index (χ4v) is 2.45. The summed E-state index contributed by atoms with van der Waals surface area (Å²) in [4.78, 5) is 0.543. The quantitative estimate of drug-likeness (QED) is 0.711. The van der Waals surface area contributed by atoms with Gasteiger partial charge in [-0.05, 0) is 32.1 Å². The molecule has 2 unspecified atom stereocenters. The highest BCUT2D eigenvalue weighted by Gasteiger charge is 2.38. The first-order valence-electron chi connectivity index (χ1n) is 5.04. The highest BCUT2D eigenvalue weighted by Crippen LogP contribution is 2.35. The Morgan fingerprint density at radius 1 is 1.69 bits per heavy atom.